The van der Waals surface area contributed by atoms with Gasteiger partial charge in [0.1, 0.15) is 0 Å². The van der Waals surface area contributed by atoms with Crippen molar-refractivity contribution in [1.82, 2.24) is 10.2 Å². The molecule has 0 aromatic heterocycles. The van der Waals surface area contributed by atoms with Crippen LogP contribution in [0, 0.1) is 5.92 Å². The molecule has 3 heteroatoms. The van der Waals surface area contributed by atoms with Gasteiger partial charge in [-0.3, -0.25) is 0 Å². The summed E-state index contributed by atoms with van der Waals surface area (Å²) >= 11 is 5.84. The van der Waals surface area contributed by atoms with Gasteiger partial charge in [0, 0.05) is 18.1 Å². The molecule has 1 unspecified atom stereocenters. The number of hydrogen-bond donors (Lipinski definition) is 1. The molecule has 1 fully saturated rings. The fourth-order valence-electron chi connectivity index (χ4n) is 2.22. The summed E-state index contributed by atoms with van der Waals surface area (Å²) in [6.07, 6.45) is 1.32. The molecular weight excluding hydrogens is 220 g/mol. The normalized spacial score (nSPS) is 21.5. The van der Waals surface area contributed by atoms with Crippen LogP contribution in [0.5, 0.6) is 0 Å². The zero-order valence-electron chi connectivity index (χ0n) is 9.75. The van der Waals surface area contributed by atoms with Crippen molar-refractivity contribution < 1.29 is 0 Å². The Morgan fingerprint density at radius 3 is 2.75 bits per heavy atom. The van der Waals surface area contributed by atoms with Gasteiger partial charge in [0.2, 0.25) is 0 Å². The fourth-order valence-corrected chi connectivity index (χ4v) is 2.34. The van der Waals surface area contributed by atoms with E-state index in [9.17, 15) is 0 Å². The molecule has 0 aliphatic carbocycles. The average Bonchev–Trinajstić information content (AvgIpc) is 2.67. The van der Waals surface area contributed by atoms with E-state index in [4.69, 9.17) is 11.6 Å². The van der Waals surface area contributed by atoms with Gasteiger partial charge >= 0.3 is 0 Å². The topological polar surface area (TPSA) is 15.3 Å². The number of nitrogens with one attached hydrogen (secondary N) is 1. The molecule has 16 heavy (non-hydrogen) atoms. The van der Waals surface area contributed by atoms with Gasteiger partial charge in [-0.05, 0) is 50.2 Å². The van der Waals surface area contributed by atoms with Crippen molar-refractivity contribution in [2.45, 2.75) is 13.0 Å². The maximum absolute atomic E-state index is 5.84. The number of hydrogen-bond acceptors (Lipinski definition) is 2. The largest absolute Gasteiger partial charge is 0.312 e. The van der Waals surface area contributed by atoms with Crippen molar-refractivity contribution in [2.75, 3.05) is 26.7 Å². The predicted octanol–water partition coefficient (Wildman–Crippen LogP) is 2.38. The van der Waals surface area contributed by atoms with Crippen LogP contribution in [0.15, 0.2) is 24.3 Å². The number of nitrogens with zero attached hydrogens (tertiary/aromatic N) is 1. The summed E-state index contributed by atoms with van der Waals surface area (Å²) in [4.78, 5) is 2.40. The summed E-state index contributed by atoms with van der Waals surface area (Å²) < 4.78 is 0. The van der Waals surface area contributed by atoms with E-state index >= 15 is 0 Å². The van der Waals surface area contributed by atoms with Crippen LogP contribution < -0.4 is 5.32 Å². The van der Waals surface area contributed by atoms with Gasteiger partial charge < -0.3 is 10.2 Å². The van der Waals surface area contributed by atoms with Crippen LogP contribution in [-0.4, -0.2) is 31.6 Å². The Kier molecular flexibility index (Phi) is 4.22. The third-order valence-electron chi connectivity index (χ3n) is 3.16. The second-order valence-corrected chi connectivity index (χ2v) is 5.11. The summed E-state index contributed by atoms with van der Waals surface area (Å²) in [5, 5.41) is 4.32. The molecule has 1 atom stereocenters. The van der Waals surface area contributed by atoms with Crippen LogP contribution in [-0.2, 0) is 6.54 Å². The van der Waals surface area contributed by atoms with E-state index in [1.807, 2.05) is 12.1 Å². The zero-order chi connectivity index (χ0) is 11.4. The minimum atomic E-state index is 0.807. The van der Waals surface area contributed by atoms with Gasteiger partial charge in [0.05, 0.1) is 0 Å². The van der Waals surface area contributed by atoms with Gasteiger partial charge in [-0.2, -0.15) is 0 Å². The first-order valence-corrected chi connectivity index (χ1v) is 6.25. The molecule has 1 aliphatic heterocycles. The molecule has 1 saturated heterocycles. The van der Waals surface area contributed by atoms with E-state index in [0.717, 1.165) is 24.0 Å². The Labute approximate surface area is 103 Å². The molecule has 1 aromatic carbocycles. The molecule has 2 rings (SSSR count). The first-order valence-electron chi connectivity index (χ1n) is 5.88. The van der Waals surface area contributed by atoms with Gasteiger partial charge in [0.15, 0.2) is 0 Å². The summed E-state index contributed by atoms with van der Waals surface area (Å²) in [5.41, 5.74) is 1.30. The summed E-state index contributed by atoms with van der Waals surface area (Å²) in [6.45, 7) is 4.53. The summed E-state index contributed by atoms with van der Waals surface area (Å²) in [7, 11) is 2.19. The molecule has 88 valence electrons. The number of benzene rings is 1. The molecule has 1 aliphatic rings. The predicted molar refractivity (Wildman–Crippen MR) is 68.8 cm³/mol. The fraction of sp³-hybridized carbons (Fsp3) is 0.538. The van der Waals surface area contributed by atoms with Crippen molar-refractivity contribution in [3.8, 4) is 0 Å². The van der Waals surface area contributed by atoms with E-state index in [1.165, 1.54) is 25.1 Å². The van der Waals surface area contributed by atoms with Crippen LogP contribution >= 0.6 is 11.6 Å². The molecule has 0 amide bonds. The van der Waals surface area contributed by atoms with Crippen molar-refractivity contribution in [3.63, 3.8) is 0 Å². The number of halogens is 1. The van der Waals surface area contributed by atoms with Gasteiger partial charge in [0.25, 0.3) is 0 Å². The Bertz CT molecular complexity index is 323. The molecular formula is C13H19ClN2. The number of likely N-dealkylation sites (tertiary alicyclic amines) is 1. The molecule has 1 heterocycles. The van der Waals surface area contributed by atoms with Crippen LogP contribution in [0.2, 0.25) is 5.02 Å². The maximum atomic E-state index is 5.84. The van der Waals surface area contributed by atoms with Gasteiger partial charge in [-0.1, -0.05) is 23.7 Å². The van der Waals surface area contributed by atoms with Crippen LogP contribution in [0.1, 0.15) is 12.0 Å². The SMILES string of the molecule is CN1CCC(CNCc2ccc(Cl)cc2)C1. The van der Waals surface area contributed by atoms with E-state index in [2.05, 4.69) is 29.4 Å². The third-order valence-corrected chi connectivity index (χ3v) is 3.42. The van der Waals surface area contributed by atoms with E-state index in [0.29, 0.717) is 0 Å². The second kappa shape index (κ2) is 5.67. The Morgan fingerprint density at radius 1 is 1.38 bits per heavy atom. The molecule has 1 N–H and O–H groups in total. The molecule has 0 bridgehead atoms. The molecule has 0 radical (unpaired) electrons. The molecule has 0 spiro atoms. The first-order chi connectivity index (χ1) is 7.74. The highest BCUT2D eigenvalue weighted by molar-refractivity contribution is 6.30. The van der Waals surface area contributed by atoms with Crippen LogP contribution in [0.4, 0.5) is 0 Å². The highest BCUT2D eigenvalue weighted by atomic mass is 35.5. The minimum absolute atomic E-state index is 0.807. The number of rotatable bonds is 4. The molecule has 0 saturated carbocycles. The first kappa shape index (κ1) is 11.9. The van der Waals surface area contributed by atoms with E-state index in [1.54, 1.807) is 0 Å². The lowest BCUT2D eigenvalue weighted by atomic mass is 10.1. The zero-order valence-corrected chi connectivity index (χ0v) is 10.5. The van der Waals surface area contributed by atoms with Crippen molar-refractivity contribution >= 4 is 11.6 Å². The third kappa shape index (κ3) is 3.48. The molecule has 1 aromatic rings. The highest BCUT2D eigenvalue weighted by Crippen LogP contribution is 2.13. The van der Waals surface area contributed by atoms with Gasteiger partial charge in [-0.25, -0.2) is 0 Å². The van der Waals surface area contributed by atoms with Crippen LogP contribution in [0.25, 0.3) is 0 Å². The Morgan fingerprint density at radius 2 is 2.12 bits per heavy atom. The Hall–Kier alpha value is -0.570. The molecule has 2 nitrogen and oxygen atoms in total. The van der Waals surface area contributed by atoms with Crippen molar-refractivity contribution in [2.24, 2.45) is 5.92 Å². The second-order valence-electron chi connectivity index (χ2n) is 4.67. The van der Waals surface area contributed by atoms with Crippen LogP contribution in [0.3, 0.4) is 0 Å². The monoisotopic (exact) mass is 238 g/mol. The summed E-state index contributed by atoms with van der Waals surface area (Å²) in [5.74, 6) is 0.817. The summed E-state index contributed by atoms with van der Waals surface area (Å²) in [6, 6.07) is 8.05. The van der Waals surface area contributed by atoms with Crippen molar-refractivity contribution in [3.05, 3.63) is 34.9 Å². The lowest BCUT2D eigenvalue weighted by Gasteiger charge is -2.11. The quantitative estimate of drug-likeness (QED) is 0.867. The average molecular weight is 239 g/mol. The lowest BCUT2D eigenvalue weighted by Crippen LogP contribution is -2.24. The van der Waals surface area contributed by atoms with Gasteiger partial charge in [-0.15, -0.1) is 0 Å². The lowest BCUT2D eigenvalue weighted by molar-refractivity contribution is 0.388. The minimum Gasteiger partial charge on any atom is -0.312 e. The standard InChI is InChI=1S/C13H19ClN2/c1-16-7-6-12(10-16)9-15-8-11-2-4-13(14)5-3-11/h2-5,12,15H,6-10H2,1H3. The van der Waals surface area contributed by atoms with Crippen molar-refractivity contribution in [1.29, 1.82) is 0 Å². The smallest absolute Gasteiger partial charge is 0.0406 e. The maximum Gasteiger partial charge on any atom is 0.0406 e. The highest BCUT2D eigenvalue weighted by Gasteiger charge is 2.18. The van der Waals surface area contributed by atoms with E-state index in [-0.39, 0.29) is 0 Å². The Balaban J connectivity index is 1.70. The van der Waals surface area contributed by atoms with E-state index < -0.39 is 0 Å².